The van der Waals surface area contributed by atoms with E-state index in [0.717, 1.165) is 17.2 Å². The van der Waals surface area contributed by atoms with Crippen molar-refractivity contribution < 1.29 is 14.3 Å². The van der Waals surface area contributed by atoms with E-state index in [-0.39, 0.29) is 18.4 Å². The van der Waals surface area contributed by atoms with Gasteiger partial charge in [0.05, 0.1) is 5.69 Å². The Balaban J connectivity index is 1.49. The lowest BCUT2D eigenvalue weighted by Gasteiger charge is -2.34. The van der Waals surface area contributed by atoms with Gasteiger partial charge in [-0.05, 0) is 42.2 Å². The highest BCUT2D eigenvalue weighted by Gasteiger charge is 2.27. The van der Waals surface area contributed by atoms with E-state index in [1.54, 1.807) is 34.1 Å². The highest BCUT2D eigenvalue weighted by molar-refractivity contribution is 7.08. The number of hydrogen-bond acceptors (Lipinski definition) is 6. The number of carbonyl (C=O) groups excluding carboxylic acids is 2. The molecule has 1 fully saturated rings. The molecule has 2 heterocycles. The van der Waals surface area contributed by atoms with Crippen molar-refractivity contribution in [2.75, 3.05) is 32.8 Å². The van der Waals surface area contributed by atoms with Gasteiger partial charge < -0.3 is 14.5 Å². The number of amides is 2. The predicted molar refractivity (Wildman–Crippen MR) is 98.7 cm³/mol. The zero-order valence-corrected chi connectivity index (χ0v) is 15.9. The number of carbonyl (C=O) groups is 2. The second-order valence-electron chi connectivity index (χ2n) is 5.82. The van der Waals surface area contributed by atoms with Crippen LogP contribution in [0.1, 0.15) is 22.3 Å². The molecular weight excluding hydrogens is 376 g/mol. The summed E-state index contributed by atoms with van der Waals surface area (Å²) in [6.45, 7) is 3.88. The summed E-state index contributed by atoms with van der Waals surface area (Å²) in [6, 6.07) is 6.87. The van der Waals surface area contributed by atoms with Gasteiger partial charge in [0.15, 0.2) is 6.61 Å². The number of hydrogen-bond donors (Lipinski definition) is 0. The standard InChI is InChI=1S/C17H19ClN4O3S/c1-2-14-16(26-20-19-14)17(24)22-9-7-21(8-10-22)15(23)11-25-13-5-3-12(18)4-6-13/h3-6H,2,7-11H2,1H3. The van der Waals surface area contributed by atoms with Crippen molar-refractivity contribution >= 4 is 34.9 Å². The first kappa shape index (κ1) is 18.6. The molecule has 1 aliphatic rings. The molecule has 9 heteroatoms. The summed E-state index contributed by atoms with van der Waals surface area (Å²) in [5.74, 6) is 0.448. The highest BCUT2D eigenvalue weighted by atomic mass is 35.5. The van der Waals surface area contributed by atoms with E-state index >= 15 is 0 Å². The topological polar surface area (TPSA) is 75.6 Å². The van der Waals surface area contributed by atoms with Gasteiger partial charge in [-0.15, -0.1) is 5.10 Å². The molecule has 0 unspecified atom stereocenters. The lowest BCUT2D eigenvalue weighted by molar-refractivity contribution is -0.134. The zero-order valence-electron chi connectivity index (χ0n) is 14.4. The lowest BCUT2D eigenvalue weighted by atomic mass is 10.2. The molecule has 0 aliphatic carbocycles. The third-order valence-electron chi connectivity index (χ3n) is 4.18. The monoisotopic (exact) mass is 394 g/mol. The van der Waals surface area contributed by atoms with Crippen LogP contribution in [0.3, 0.4) is 0 Å². The fourth-order valence-electron chi connectivity index (χ4n) is 2.67. The summed E-state index contributed by atoms with van der Waals surface area (Å²) in [7, 11) is 0. The van der Waals surface area contributed by atoms with Gasteiger partial charge in [0.1, 0.15) is 10.6 Å². The normalized spacial score (nSPS) is 14.4. The summed E-state index contributed by atoms with van der Waals surface area (Å²) in [5, 5.41) is 4.60. The molecule has 0 radical (unpaired) electrons. The summed E-state index contributed by atoms with van der Waals surface area (Å²) < 4.78 is 9.36. The first-order valence-electron chi connectivity index (χ1n) is 8.35. The highest BCUT2D eigenvalue weighted by Crippen LogP contribution is 2.17. The largest absolute Gasteiger partial charge is 0.484 e. The quantitative estimate of drug-likeness (QED) is 0.776. The Labute approximate surface area is 160 Å². The van der Waals surface area contributed by atoms with E-state index in [0.29, 0.717) is 48.2 Å². The third kappa shape index (κ3) is 4.31. The molecule has 2 aromatic rings. The van der Waals surface area contributed by atoms with Crippen molar-refractivity contribution in [1.82, 2.24) is 19.4 Å². The van der Waals surface area contributed by atoms with E-state index in [4.69, 9.17) is 16.3 Å². The number of aromatic nitrogens is 2. The van der Waals surface area contributed by atoms with Gasteiger partial charge >= 0.3 is 0 Å². The van der Waals surface area contributed by atoms with Crippen LogP contribution in [0.5, 0.6) is 5.75 Å². The third-order valence-corrected chi connectivity index (χ3v) is 5.19. The molecule has 0 atom stereocenters. The first-order valence-corrected chi connectivity index (χ1v) is 9.50. The van der Waals surface area contributed by atoms with Gasteiger partial charge in [0.2, 0.25) is 0 Å². The Hall–Kier alpha value is -2.19. The smallest absolute Gasteiger partial charge is 0.267 e. The second kappa shape index (κ2) is 8.46. The molecule has 3 rings (SSSR count). The van der Waals surface area contributed by atoms with E-state index in [1.807, 2.05) is 6.92 Å². The zero-order chi connectivity index (χ0) is 18.5. The maximum atomic E-state index is 12.6. The van der Waals surface area contributed by atoms with E-state index in [2.05, 4.69) is 9.59 Å². The van der Waals surface area contributed by atoms with Crippen molar-refractivity contribution in [2.45, 2.75) is 13.3 Å². The Morgan fingerprint density at radius 2 is 1.81 bits per heavy atom. The molecule has 1 saturated heterocycles. The number of halogens is 1. The number of benzene rings is 1. The van der Waals surface area contributed by atoms with Gasteiger partial charge in [0.25, 0.3) is 11.8 Å². The summed E-state index contributed by atoms with van der Waals surface area (Å²) in [6.07, 6.45) is 0.679. The summed E-state index contributed by atoms with van der Waals surface area (Å²) in [5.41, 5.74) is 0.731. The molecule has 138 valence electrons. The van der Waals surface area contributed by atoms with Crippen molar-refractivity contribution in [3.63, 3.8) is 0 Å². The Bertz CT molecular complexity index is 773. The van der Waals surface area contributed by atoms with Crippen LogP contribution in [0.4, 0.5) is 0 Å². The minimum atomic E-state index is -0.0965. The Morgan fingerprint density at radius 1 is 1.15 bits per heavy atom. The maximum Gasteiger partial charge on any atom is 0.267 e. The van der Waals surface area contributed by atoms with E-state index < -0.39 is 0 Å². The average molecular weight is 395 g/mol. The molecule has 0 N–H and O–H groups in total. The molecule has 0 saturated carbocycles. The fraction of sp³-hybridized carbons (Fsp3) is 0.412. The van der Waals surface area contributed by atoms with Crippen LogP contribution in [0, 0.1) is 0 Å². The van der Waals surface area contributed by atoms with E-state index in [9.17, 15) is 9.59 Å². The Morgan fingerprint density at radius 3 is 2.46 bits per heavy atom. The maximum absolute atomic E-state index is 12.6. The van der Waals surface area contributed by atoms with Gasteiger partial charge in [0, 0.05) is 31.2 Å². The predicted octanol–water partition coefficient (Wildman–Crippen LogP) is 2.12. The molecule has 7 nitrogen and oxygen atoms in total. The van der Waals surface area contributed by atoms with Gasteiger partial charge in [-0.25, -0.2) is 0 Å². The van der Waals surface area contributed by atoms with Crippen LogP contribution in [0.25, 0.3) is 0 Å². The van der Waals surface area contributed by atoms with Crippen LogP contribution in [-0.4, -0.2) is 64.0 Å². The van der Waals surface area contributed by atoms with Crippen molar-refractivity contribution in [2.24, 2.45) is 0 Å². The molecule has 2 amide bonds. The molecular formula is C17H19ClN4O3S. The Kier molecular flexibility index (Phi) is 6.05. The molecule has 0 spiro atoms. The summed E-state index contributed by atoms with van der Waals surface area (Å²) in [4.78, 5) is 28.9. The molecule has 26 heavy (non-hydrogen) atoms. The number of aryl methyl sites for hydroxylation is 1. The first-order chi connectivity index (χ1) is 12.6. The second-order valence-corrected chi connectivity index (χ2v) is 7.01. The molecule has 1 aliphatic heterocycles. The van der Waals surface area contributed by atoms with Crippen LogP contribution in [-0.2, 0) is 11.2 Å². The van der Waals surface area contributed by atoms with Crippen LogP contribution >= 0.6 is 23.1 Å². The van der Waals surface area contributed by atoms with Crippen LogP contribution in [0.15, 0.2) is 24.3 Å². The van der Waals surface area contributed by atoms with Crippen molar-refractivity contribution in [3.05, 3.63) is 39.9 Å². The van der Waals surface area contributed by atoms with Crippen molar-refractivity contribution in [1.29, 1.82) is 0 Å². The molecule has 0 bridgehead atoms. The van der Waals surface area contributed by atoms with Crippen molar-refractivity contribution in [3.8, 4) is 5.75 Å². The number of ether oxygens (including phenoxy) is 1. The van der Waals surface area contributed by atoms with E-state index in [1.165, 1.54) is 0 Å². The van der Waals surface area contributed by atoms with Gasteiger partial charge in [-0.2, -0.15) is 0 Å². The molecule has 1 aromatic carbocycles. The summed E-state index contributed by atoms with van der Waals surface area (Å²) >= 11 is 6.95. The minimum absolute atomic E-state index is 0.0334. The van der Waals surface area contributed by atoms with Crippen LogP contribution < -0.4 is 4.74 Å². The number of piperazine rings is 1. The average Bonchev–Trinajstić information content (AvgIpc) is 3.15. The fourth-order valence-corrected chi connectivity index (χ4v) is 3.52. The number of nitrogens with zero attached hydrogens (tertiary/aromatic N) is 4. The van der Waals surface area contributed by atoms with Crippen LogP contribution in [0.2, 0.25) is 5.02 Å². The number of rotatable bonds is 5. The van der Waals surface area contributed by atoms with Gasteiger partial charge in [-0.1, -0.05) is 23.0 Å². The minimum Gasteiger partial charge on any atom is -0.484 e. The SMILES string of the molecule is CCc1nnsc1C(=O)N1CCN(C(=O)COc2ccc(Cl)cc2)CC1. The van der Waals surface area contributed by atoms with Gasteiger partial charge in [-0.3, -0.25) is 9.59 Å². The molecule has 1 aromatic heterocycles. The lowest BCUT2D eigenvalue weighted by Crippen LogP contribution is -2.51.